The van der Waals surface area contributed by atoms with Crippen LogP contribution in [0.15, 0.2) is 12.2 Å². The van der Waals surface area contributed by atoms with Crippen molar-refractivity contribution in [1.82, 2.24) is 0 Å². The van der Waals surface area contributed by atoms with Crippen molar-refractivity contribution < 1.29 is 14.3 Å². The second-order valence-corrected chi connectivity index (χ2v) is 5.05. The summed E-state index contributed by atoms with van der Waals surface area (Å²) in [4.78, 5) is 10.8. The Balaban J connectivity index is 2.64. The molecule has 3 nitrogen and oxygen atoms in total. The van der Waals surface area contributed by atoms with Crippen LogP contribution in [-0.4, -0.2) is 29.4 Å². The molecule has 0 amide bonds. The topological polar surface area (TPSA) is 35.5 Å². The fourth-order valence-electron chi connectivity index (χ4n) is 1.12. The molecule has 1 fully saturated rings. The molecule has 1 heterocycles. The van der Waals surface area contributed by atoms with E-state index in [4.69, 9.17) is 9.47 Å². The summed E-state index contributed by atoms with van der Waals surface area (Å²) in [5.41, 5.74) is 0.421. The van der Waals surface area contributed by atoms with Crippen molar-refractivity contribution in [2.75, 3.05) is 12.4 Å². The van der Waals surface area contributed by atoms with Crippen molar-refractivity contribution >= 4 is 17.7 Å². The normalized spacial score (nSPS) is 32.4. The summed E-state index contributed by atoms with van der Waals surface area (Å²) in [6.07, 6.45) is -0.0791. The fraction of sp³-hybridized carbons (Fsp3) is 0.700. The molecule has 80 valence electrons. The van der Waals surface area contributed by atoms with Gasteiger partial charge in [0.1, 0.15) is 6.10 Å². The van der Waals surface area contributed by atoms with Gasteiger partial charge in [0.2, 0.25) is 0 Å². The smallest absolute Gasteiger partial charge is 0.334 e. The highest BCUT2D eigenvalue weighted by atomic mass is 32.2. The van der Waals surface area contributed by atoms with Gasteiger partial charge in [-0.25, -0.2) is 4.79 Å². The molecule has 0 aromatic heterocycles. The van der Waals surface area contributed by atoms with Crippen LogP contribution < -0.4 is 0 Å². The van der Waals surface area contributed by atoms with Crippen molar-refractivity contribution in [2.24, 2.45) is 0 Å². The van der Waals surface area contributed by atoms with E-state index in [1.807, 2.05) is 13.8 Å². The first kappa shape index (κ1) is 11.6. The lowest BCUT2D eigenvalue weighted by Crippen LogP contribution is -2.44. The minimum absolute atomic E-state index is 0.0791. The van der Waals surface area contributed by atoms with Crippen LogP contribution in [0.5, 0.6) is 0 Å². The molecular weight excluding hydrogens is 200 g/mol. The number of hydrogen-bond acceptors (Lipinski definition) is 4. The van der Waals surface area contributed by atoms with Crippen LogP contribution in [0.1, 0.15) is 20.8 Å². The number of carbonyl (C=O) groups is 1. The highest BCUT2D eigenvalue weighted by Crippen LogP contribution is 2.35. The molecule has 0 aliphatic carbocycles. The van der Waals surface area contributed by atoms with E-state index in [1.165, 1.54) is 0 Å². The van der Waals surface area contributed by atoms with E-state index >= 15 is 0 Å². The second-order valence-electron chi connectivity index (χ2n) is 3.55. The summed E-state index contributed by atoms with van der Waals surface area (Å²) in [6.45, 7) is 9.70. The van der Waals surface area contributed by atoms with Crippen molar-refractivity contribution in [3.8, 4) is 0 Å². The highest BCUT2D eigenvalue weighted by Gasteiger charge is 2.39. The predicted octanol–water partition coefficient (Wildman–Crippen LogP) is 1.97. The average molecular weight is 216 g/mol. The number of rotatable bonds is 2. The molecular formula is C10H16O3S. The molecule has 2 atom stereocenters. The maximum Gasteiger partial charge on any atom is 0.334 e. The Morgan fingerprint density at radius 2 is 2.36 bits per heavy atom. The van der Waals surface area contributed by atoms with Gasteiger partial charge in [0.25, 0.3) is 0 Å². The predicted molar refractivity (Wildman–Crippen MR) is 57.2 cm³/mol. The van der Waals surface area contributed by atoms with Crippen LogP contribution >= 0.6 is 11.8 Å². The van der Waals surface area contributed by atoms with E-state index in [9.17, 15) is 4.79 Å². The van der Waals surface area contributed by atoms with E-state index in [2.05, 4.69) is 6.58 Å². The zero-order valence-corrected chi connectivity index (χ0v) is 9.65. The Hall–Kier alpha value is -0.480. The third-order valence-corrected chi connectivity index (χ3v) is 3.58. The van der Waals surface area contributed by atoms with E-state index in [0.29, 0.717) is 12.2 Å². The Labute approximate surface area is 88.8 Å². The Kier molecular flexibility index (Phi) is 3.61. The van der Waals surface area contributed by atoms with Gasteiger partial charge in [0.15, 0.2) is 4.93 Å². The monoisotopic (exact) mass is 216 g/mol. The number of thioether (sulfide) groups is 1. The van der Waals surface area contributed by atoms with E-state index in [0.717, 1.165) is 5.75 Å². The Bertz CT molecular complexity index is 252. The zero-order valence-electron chi connectivity index (χ0n) is 8.83. The van der Waals surface area contributed by atoms with Gasteiger partial charge in [-0.2, -0.15) is 0 Å². The number of ether oxygens (including phenoxy) is 2. The highest BCUT2D eigenvalue weighted by molar-refractivity contribution is 8.00. The molecule has 1 aliphatic rings. The van der Waals surface area contributed by atoms with Crippen molar-refractivity contribution in [1.29, 1.82) is 0 Å². The fourth-order valence-corrected chi connectivity index (χ4v) is 2.14. The van der Waals surface area contributed by atoms with Crippen LogP contribution in [-0.2, 0) is 14.3 Å². The van der Waals surface area contributed by atoms with E-state index in [-0.39, 0.29) is 12.1 Å². The van der Waals surface area contributed by atoms with Crippen LogP contribution in [0, 0.1) is 0 Å². The molecule has 1 saturated heterocycles. The molecule has 0 spiro atoms. The summed E-state index contributed by atoms with van der Waals surface area (Å²) in [6, 6.07) is 0. The lowest BCUT2D eigenvalue weighted by Gasteiger charge is -2.37. The first-order valence-electron chi connectivity index (χ1n) is 4.60. The second kappa shape index (κ2) is 4.36. The third-order valence-electron chi connectivity index (χ3n) is 2.22. The maximum absolute atomic E-state index is 11.4. The third kappa shape index (κ3) is 2.51. The quantitative estimate of drug-likeness (QED) is 0.522. The Morgan fingerprint density at radius 1 is 1.71 bits per heavy atom. The number of carbonyl (C=O) groups excluding carboxylic acids is 1. The van der Waals surface area contributed by atoms with Crippen LogP contribution in [0.25, 0.3) is 0 Å². The van der Waals surface area contributed by atoms with Crippen molar-refractivity contribution in [3.63, 3.8) is 0 Å². The molecule has 4 heteroatoms. The minimum Gasteiger partial charge on any atom is -0.442 e. The number of esters is 1. The molecule has 2 unspecified atom stereocenters. The van der Waals surface area contributed by atoms with Gasteiger partial charge in [-0.3, -0.25) is 0 Å². The number of hydrogen-bond donors (Lipinski definition) is 0. The molecule has 0 saturated carbocycles. The van der Waals surface area contributed by atoms with Crippen LogP contribution in [0.3, 0.4) is 0 Å². The Morgan fingerprint density at radius 3 is 2.86 bits per heavy atom. The first-order chi connectivity index (χ1) is 6.46. The van der Waals surface area contributed by atoms with Gasteiger partial charge >= 0.3 is 5.97 Å². The summed E-state index contributed by atoms with van der Waals surface area (Å²) in [7, 11) is 0. The van der Waals surface area contributed by atoms with Gasteiger partial charge in [-0.15, -0.1) is 11.8 Å². The summed E-state index contributed by atoms with van der Waals surface area (Å²) in [5.74, 6) is 0.502. The van der Waals surface area contributed by atoms with E-state index in [1.54, 1.807) is 18.7 Å². The summed E-state index contributed by atoms with van der Waals surface area (Å²) >= 11 is 1.61. The molecule has 0 radical (unpaired) electrons. The minimum atomic E-state index is -0.575. The van der Waals surface area contributed by atoms with Gasteiger partial charge in [-0.05, 0) is 20.8 Å². The average Bonchev–Trinajstić information content (AvgIpc) is 2.10. The largest absolute Gasteiger partial charge is 0.442 e. The lowest BCUT2D eigenvalue weighted by atomic mass is 10.2. The van der Waals surface area contributed by atoms with Crippen molar-refractivity contribution in [2.45, 2.75) is 31.8 Å². The van der Waals surface area contributed by atoms with Crippen molar-refractivity contribution in [3.05, 3.63) is 12.2 Å². The molecule has 0 N–H and O–H groups in total. The summed E-state index contributed by atoms with van der Waals surface area (Å²) in [5, 5.41) is 0. The first-order valence-corrected chi connectivity index (χ1v) is 5.58. The molecule has 0 bridgehead atoms. The molecule has 1 aliphatic heterocycles. The van der Waals surface area contributed by atoms with Crippen LogP contribution in [0.2, 0.25) is 0 Å². The lowest BCUT2D eigenvalue weighted by molar-refractivity contribution is -0.155. The van der Waals surface area contributed by atoms with Gasteiger partial charge in [0.05, 0.1) is 6.61 Å². The molecule has 0 aromatic carbocycles. The molecule has 0 aromatic rings. The van der Waals surface area contributed by atoms with Gasteiger partial charge in [0, 0.05) is 11.3 Å². The zero-order chi connectivity index (χ0) is 10.8. The molecule has 1 rings (SSSR count). The van der Waals surface area contributed by atoms with Gasteiger partial charge < -0.3 is 9.47 Å². The summed E-state index contributed by atoms with van der Waals surface area (Å²) < 4.78 is 10.8. The van der Waals surface area contributed by atoms with Crippen LogP contribution in [0.4, 0.5) is 0 Å². The standard InChI is InChI=1S/C10H16O3S/c1-7(2)9(11)13-10(4)8(3)12-5-6-14-10/h8H,1,5-6H2,2-4H3. The van der Waals surface area contributed by atoms with Gasteiger partial charge in [-0.1, -0.05) is 6.58 Å². The maximum atomic E-state index is 11.4. The van der Waals surface area contributed by atoms with E-state index < -0.39 is 4.93 Å². The molecule has 14 heavy (non-hydrogen) atoms. The SMILES string of the molecule is C=C(C)C(=O)OC1(C)SCCOC1C.